The lowest BCUT2D eigenvalue weighted by molar-refractivity contribution is 0.554. The van der Waals surface area contributed by atoms with Crippen molar-refractivity contribution < 1.29 is 0 Å². The van der Waals surface area contributed by atoms with Crippen LogP contribution in [0.5, 0.6) is 0 Å². The number of nitrogens with two attached hydrogens (primary N) is 2. The largest absolute Gasteiger partial charge is 0.328 e. The third-order valence-electron chi connectivity index (χ3n) is 1.32. The van der Waals surface area contributed by atoms with E-state index in [-0.39, 0.29) is 12.4 Å². The molecule has 0 aromatic carbocycles. The van der Waals surface area contributed by atoms with Crippen LogP contribution in [0.25, 0.3) is 0 Å². The van der Waals surface area contributed by atoms with E-state index in [9.17, 15) is 0 Å². The molecule has 0 spiro atoms. The van der Waals surface area contributed by atoms with Gasteiger partial charge in [-0.05, 0) is 26.7 Å². The highest BCUT2D eigenvalue weighted by Gasteiger charge is 1.96. The van der Waals surface area contributed by atoms with Gasteiger partial charge in [0.25, 0.3) is 0 Å². The summed E-state index contributed by atoms with van der Waals surface area (Å²) >= 11 is 0. The van der Waals surface area contributed by atoms with Gasteiger partial charge in [0.05, 0.1) is 0 Å². The molecule has 0 aliphatic heterocycles. The molecular formula is C7H19ClN2. The van der Waals surface area contributed by atoms with Gasteiger partial charge in [-0.3, -0.25) is 0 Å². The smallest absolute Gasteiger partial charge is 0.00104 e. The molecule has 64 valence electrons. The third-order valence-corrected chi connectivity index (χ3v) is 1.32. The first kappa shape index (κ1) is 12.8. The molecule has 0 aromatic rings. The average Bonchev–Trinajstić information content (AvgIpc) is 1.63. The van der Waals surface area contributed by atoms with Crippen molar-refractivity contribution in [1.82, 2.24) is 0 Å². The Bertz CT molecular complexity index is 56.6. The highest BCUT2D eigenvalue weighted by molar-refractivity contribution is 5.85. The number of hydrogen-bond donors (Lipinski definition) is 2. The van der Waals surface area contributed by atoms with Gasteiger partial charge in [-0.1, -0.05) is 6.42 Å². The summed E-state index contributed by atoms with van der Waals surface area (Å²) in [5.41, 5.74) is 11.1. The Balaban J connectivity index is 0. The van der Waals surface area contributed by atoms with E-state index in [1.807, 2.05) is 13.8 Å². The number of hydrogen-bond acceptors (Lipinski definition) is 2. The summed E-state index contributed by atoms with van der Waals surface area (Å²) < 4.78 is 0. The van der Waals surface area contributed by atoms with E-state index in [1.54, 1.807) is 0 Å². The fourth-order valence-corrected chi connectivity index (χ4v) is 0.762. The molecule has 0 saturated carbocycles. The van der Waals surface area contributed by atoms with Gasteiger partial charge in [0.15, 0.2) is 0 Å². The molecule has 10 heavy (non-hydrogen) atoms. The molecule has 0 bridgehead atoms. The Morgan fingerprint density at radius 2 is 1.30 bits per heavy atom. The van der Waals surface area contributed by atoms with Crippen LogP contribution in [0, 0.1) is 0 Å². The van der Waals surface area contributed by atoms with Crippen molar-refractivity contribution in [1.29, 1.82) is 0 Å². The van der Waals surface area contributed by atoms with Gasteiger partial charge in [-0.15, -0.1) is 12.4 Å². The summed E-state index contributed by atoms with van der Waals surface area (Å²) in [6, 6.07) is 0.674. The molecule has 0 radical (unpaired) electrons. The van der Waals surface area contributed by atoms with Gasteiger partial charge in [0.1, 0.15) is 0 Å². The fraction of sp³-hybridized carbons (Fsp3) is 1.00. The molecule has 3 heteroatoms. The summed E-state index contributed by atoms with van der Waals surface area (Å²) in [6.45, 7) is 4.06. The van der Waals surface area contributed by atoms with Crippen LogP contribution in [-0.4, -0.2) is 12.1 Å². The Labute approximate surface area is 69.8 Å². The maximum atomic E-state index is 5.54. The van der Waals surface area contributed by atoms with Crippen LogP contribution >= 0.6 is 12.4 Å². The average molecular weight is 167 g/mol. The second kappa shape index (κ2) is 7.32. The van der Waals surface area contributed by atoms with E-state index in [1.165, 1.54) is 0 Å². The van der Waals surface area contributed by atoms with Gasteiger partial charge >= 0.3 is 0 Å². The number of rotatable bonds is 4. The van der Waals surface area contributed by atoms with E-state index in [0.717, 1.165) is 19.3 Å². The standard InChI is InChI=1S/C7H18N2.ClH/c1-6(8)4-3-5-7(2)9;/h6-7H,3-5,8-9H2,1-2H3;1H. The van der Waals surface area contributed by atoms with Crippen molar-refractivity contribution in [3.63, 3.8) is 0 Å². The van der Waals surface area contributed by atoms with Crippen LogP contribution in [0.15, 0.2) is 0 Å². The molecule has 0 amide bonds. The molecule has 0 aliphatic rings. The summed E-state index contributed by atoms with van der Waals surface area (Å²) in [7, 11) is 0. The van der Waals surface area contributed by atoms with Crippen LogP contribution in [0.2, 0.25) is 0 Å². The van der Waals surface area contributed by atoms with Crippen LogP contribution < -0.4 is 11.5 Å². The zero-order valence-electron chi connectivity index (χ0n) is 6.84. The minimum Gasteiger partial charge on any atom is -0.328 e. The van der Waals surface area contributed by atoms with E-state index < -0.39 is 0 Å². The molecule has 2 nitrogen and oxygen atoms in total. The van der Waals surface area contributed by atoms with Crippen LogP contribution in [-0.2, 0) is 0 Å². The second-order valence-corrected chi connectivity index (χ2v) is 2.89. The van der Waals surface area contributed by atoms with Crippen molar-refractivity contribution in [2.75, 3.05) is 0 Å². The topological polar surface area (TPSA) is 52.0 Å². The monoisotopic (exact) mass is 166 g/mol. The first-order valence-electron chi connectivity index (χ1n) is 3.64. The molecule has 0 aromatic heterocycles. The van der Waals surface area contributed by atoms with Crippen molar-refractivity contribution in [3.8, 4) is 0 Å². The summed E-state index contributed by atoms with van der Waals surface area (Å²) in [4.78, 5) is 0. The molecule has 2 unspecified atom stereocenters. The van der Waals surface area contributed by atoms with Crippen molar-refractivity contribution in [2.45, 2.75) is 45.2 Å². The predicted molar refractivity (Wildman–Crippen MR) is 48.4 cm³/mol. The van der Waals surface area contributed by atoms with E-state index in [0.29, 0.717) is 12.1 Å². The first-order chi connectivity index (χ1) is 4.13. The molecular weight excluding hydrogens is 148 g/mol. The maximum Gasteiger partial charge on any atom is 0.00104 e. The quantitative estimate of drug-likeness (QED) is 0.661. The van der Waals surface area contributed by atoms with Crippen molar-refractivity contribution >= 4 is 12.4 Å². The van der Waals surface area contributed by atoms with Gasteiger partial charge in [-0.25, -0.2) is 0 Å². The first-order valence-corrected chi connectivity index (χ1v) is 3.64. The molecule has 4 N–H and O–H groups in total. The highest BCUT2D eigenvalue weighted by atomic mass is 35.5. The minimum atomic E-state index is 0. The van der Waals surface area contributed by atoms with Crippen LogP contribution in [0.3, 0.4) is 0 Å². The molecule has 0 fully saturated rings. The Kier molecular flexibility index (Phi) is 9.40. The molecule has 0 aliphatic carbocycles. The van der Waals surface area contributed by atoms with Crippen molar-refractivity contribution in [3.05, 3.63) is 0 Å². The molecule has 0 saturated heterocycles. The summed E-state index contributed by atoms with van der Waals surface area (Å²) in [5, 5.41) is 0. The minimum absolute atomic E-state index is 0. The SMILES string of the molecule is CC(N)CCCC(C)N.Cl. The normalized spacial score (nSPS) is 15.6. The summed E-state index contributed by atoms with van der Waals surface area (Å²) in [6.07, 6.45) is 3.36. The predicted octanol–water partition coefficient (Wildman–Crippen LogP) is 1.27. The lowest BCUT2D eigenvalue weighted by Crippen LogP contribution is -2.18. The Morgan fingerprint density at radius 3 is 1.50 bits per heavy atom. The van der Waals surface area contributed by atoms with Gasteiger partial charge in [-0.2, -0.15) is 0 Å². The van der Waals surface area contributed by atoms with Gasteiger partial charge in [0, 0.05) is 12.1 Å². The van der Waals surface area contributed by atoms with Crippen LogP contribution in [0.4, 0.5) is 0 Å². The lowest BCUT2D eigenvalue weighted by Gasteiger charge is -2.05. The third kappa shape index (κ3) is 11.1. The zero-order chi connectivity index (χ0) is 7.28. The lowest BCUT2D eigenvalue weighted by atomic mass is 10.1. The second-order valence-electron chi connectivity index (χ2n) is 2.89. The van der Waals surface area contributed by atoms with Gasteiger partial charge in [0.2, 0.25) is 0 Å². The van der Waals surface area contributed by atoms with E-state index in [4.69, 9.17) is 11.5 Å². The molecule has 2 atom stereocenters. The van der Waals surface area contributed by atoms with Gasteiger partial charge < -0.3 is 11.5 Å². The highest BCUT2D eigenvalue weighted by Crippen LogP contribution is 1.99. The Morgan fingerprint density at radius 1 is 1.00 bits per heavy atom. The number of halogens is 1. The Hall–Kier alpha value is 0.210. The zero-order valence-corrected chi connectivity index (χ0v) is 7.66. The molecule has 0 rings (SSSR count). The van der Waals surface area contributed by atoms with E-state index in [2.05, 4.69) is 0 Å². The van der Waals surface area contributed by atoms with E-state index >= 15 is 0 Å². The van der Waals surface area contributed by atoms with Crippen LogP contribution in [0.1, 0.15) is 33.1 Å². The van der Waals surface area contributed by atoms with Crippen molar-refractivity contribution in [2.24, 2.45) is 11.5 Å². The summed E-state index contributed by atoms with van der Waals surface area (Å²) in [5.74, 6) is 0. The fourth-order valence-electron chi connectivity index (χ4n) is 0.762. The maximum absolute atomic E-state index is 5.54. The molecule has 0 heterocycles.